The minimum Gasteiger partial charge on any atom is -0.386 e. The number of amidine groups is 1. The minimum absolute atomic E-state index is 0.0918. The van der Waals surface area contributed by atoms with Gasteiger partial charge in [0.25, 0.3) is 0 Å². The molecule has 2 heterocycles. The molecule has 0 spiro atoms. The van der Waals surface area contributed by atoms with Crippen LogP contribution in [0.2, 0.25) is 0 Å². The molecule has 1 saturated heterocycles. The van der Waals surface area contributed by atoms with Crippen LogP contribution in [0.3, 0.4) is 0 Å². The lowest BCUT2D eigenvalue weighted by Crippen LogP contribution is -2.38. The van der Waals surface area contributed by atoms with Crippen LogP contribution in [0.1, 0.15) is 23.8 Å². The van der Waals surface area contributed by atoms with E-state index >= 15 is 0 Å². The summed E-state index contributed by atoms with van der Waals surface area (Å²) in [5, 5.41) is 3.87. The highest BCUT2D eigenvalue weighted by Crippen LogP contribution is 2.30. The van der Waals surface area contributed by atoms with Crippen molar-refractivity contribution in [1.29, 1.82) is 0 Å². The van der Waals surface area contributed by atoms with Crippen LogP contribution in [0.15, 0.2) is 27.7 Å². The van der Waals surface area contributed by atoms with Crippen molar-refractivity contribution < 1.29 is 4.79 Å². The fourth-order valence-electron chi connectivity index (χ4n) is 2.66. The van der Waals surface area contributed by atoms with Gasteiger partial charge in [-0.05, 0) is 37.6 Å². The first-order valence-electron chi connectivity index (χ1n) is 7.44. The number of nitrogens with zero attached hydrogens (tertiary/aromatic N) is 2. The van der Waals surface area contributed by atoms with E-state index in [1.165, 1.54) is 11.3 Å². The number of fused-ring (bicyclic) bond motifs is 1. The van der Waals surface area contributed by atoms with Gasteiger partial charge in [0, 0.05) is 11.0 Å². The topological polar surface area (TPSA) is 106 Å². The quantitative estimate of drug-likeness (QED) is 0.541. The van der Waals surface area contributed by atoms with Crippen molar-refractivity contribution in [2.75, 3.05) is 13.1 Å². The molecule has 0 aliphatic carbocycles. The first kappa shape index (κ1) is 16.4. The Hall–Kier alpha value is -1.51. The van der Waals surface area contributed by atoms with Crippen molar-refractivity contribution in [3.63, 3.8) is 0 Å². The van der Waals surface area contributed by atoms with Gasteiger partial charge in [0.1, 0.15) is 16.8 Å². The lowest BCUT2D eigenvalue weighted by atomic mass is 10.1. The number of primary amides is 1. The molecule has 0 radical (unpaired) electrons. The standard InChI is InChI=1S/C15H18BrN5OS/c16-8-3-4-11-10(6-8)21-15(23-11)12(14(18)22)13(17)20-9-2-1-5-19-7-9/h3-4,6,9,12,19H,1-2,5,7H2,(H2,17,20)(H2,18,22). The third-order valence-electron chi connectivity index (χ3n) is 3.80. The monoisotopic (exact) mass is 395 g/mol. The normalized spacial score (nSPS) is 20.6. The van der Waals surface area contributed by atoms with Gasteiger partial charge in [0.2, 0.25) is 5.91 Å². The Bertz CT molecular complexity index is 753. The molecule has 1 fully saturated rings. The van der Waals surface area contributed by atoms with Crippen molar-refractivity contribution in [2.24, 2.45) is 16.5 Å². The first-order chi connectivity index (χ1) is 11.0. The van der Waals surface area contributed by atoms with E-state index in [0.29, 0.717) is 5.01 Å². The number of halogens is 1. The van der Waals surface area contributed by atoms with E-state index in [2.05, 4.69) is 31.2 Å². The zero-order valence-corrected chi connectivity index (χ0v) is 14.9. The number of benzene rings is 1. The maximum absolute atomic E-state index is 11.9. The van der Waals surface area contributed by atoms with Gasteiger partial charge in [0.15, 0.2) is 0 Å². The van der Waals surface area contributed by atoms with Gasteiger partial charge in [-0.2, -0.15) is 0 Å². The second kappa shape index (κ2) is 6.94. The summed E-state index contributed by atoms with van der Waals surface area (Å²) in [6.45, 7) is 1.77. The largest absolute Gasteiger partial charge is 0.386 e. The molecular formula is C15H18BrN5OS. The van der Waals surface area contributed by atoms with Gasteiger partial charge in [-0.25, -0.2) is 4.98 Å². The Morgan fingerprint density at radius 2 is 2.30 bits per heavy atom. The van der Waals surface area contributed by atoms with Crippen molar-refractivity contribution in [2.45, 2.75) is 24.8 Å². The zero-order chi connectivity index (χ0) is 16.4. The van der Waals surface area contributed by atoms with Crippen LogP contribution in [0, 0.1) is 0 Å². The van der Waals surface area contributed by atoms with Crippen molar-refractivity contribution in [3.05, 3.63) is 27.7 Å². The number of piperidine rings is 1. The SMILES string of the molecule is NC(=O)C(C(N)=NC1CCCNC1)c1nc2cc(Br)ccc2s1. The first-order valence-corrected chi connectivity index (χ1v) is 9.04. The fraction of sp³-hybridized carbons (Fsp3) is 0.400. The van der Waals surface area contributed by atoms with Crippen LogP contribution < -0.4 is 16.8 Å². The Labute approximate surface area is 146 Å². The Morgan fingerprint density at radius 1 is 1.48 bits per heavy atom. The van der Waals surface area contributed by atoms with Gasteiger partial charge in [-0.15, -0.1) is 11.3 Å². The lowest BCUT2D eigenvalue weighted by Gasteiger charge is -2.21. The zero-order valence-electron chi connectivity index (χ0n) is 12.5. The molecule has 2 aromatic rings. The Balaban J connectivity index is 1.93. The fourth-order valence-corrected chi connectivity index (χ4v) is 4.08. The van der Waals surface area contributed by atoms with E-state index in [1.54, 1.807) is 0 Å². The number of carbonyl (C=O) groups excluding carboxylic acids is 1. The van der Waals surface area contributed by atoms with Gasteiger partial charge in [0.05, 0.1) is 16.3 Å². The summed E-state index contributed by atoms with van der Waals surface area (Å²) >= 11 is 4.84. The van der Waals surface area contributed by atoms with E-state index in [9.17, 15) is 4.79 Å². The number of thiazole rings is 1. The molecule has 0 bridgehead atoms. The molecule has 1 aliphatic rings. The highest BCUT2D eigenvalue weighted by atomic mass is 79.9. The molecule has 1 amide bonds. The molecule has 1 aromatic heterocycles. The maximum atomic E-state index is 11.9. The number of amides is 1. The number of aromatic nitrogens is 1. The second-order valence-corrected chi connectivity index (χ2v) is 7.53. The summed E-state index contributed by atoms with van der Waals surface area (Å²) in [6, 6.07) is 5.89. The number of aliphatic imine (C=N–C) groups is 1. The lowest BCUT2D eigenvalue weighted by molar-refractivity contribution is -0.118. The highest BCUT2D eigenvalue weighted by Gasteiger charge is 2.27. The molecule has 122 valence electrons. The molecule has 23 heavy (non-hydrogen) atoms. The smallest absolute Gasteiger partial charge is 0.235 e. The number of rotatable bonds is 4. The molecule has 1 aromatic carbocycles. The molecule has 1 aliphatic heterocycles. The van der Waals surface area contributed by atoms with Gasteiger partial charge in [-0.3, -0.25) is 9.79 Å². The molecule has 2 unspecified atom stereocenters. The number of nitrogens with two attached hydrogens (primary N) is 2. The van der Waals surface area contributed by atoms with Crippen molar-refractivity contribution in [1.82, 2.24) is 10.3 Å². The van der Waals surface area contributed by atoms with Crippen LogP contribution in [0.4, 0.5) is 0 Å². The summed E-state index contributed by atoms with van der Waals surface area (Å²) in [7, 11) is 0. The average Bonchev–Trinajstić information content (AvgIpc) is 2.90. The molecule has 0 saturated carbocycles. The van der Waals surface area contributed by atoms with Crippen LogP contribution in [-0.2, 0) is 4.79 Å². The highest BCUT2D eigenvalue weighted by molar-refractivity contribution is 9.10. The van der Waals surface area contributed by atoms with Crippen LogP contribution in [0.5, 0.6) is 0 Å². The predicted molar refractivity (Wildman–Crippen MR) is 96.8 cm³/mol. The van der Waals surface area contributed by atoms with E-state index in [1.807, 2.05) is 18.2 Å². The van der Waals surface area contributed by atoms with E-state index in [-0.39, 0.29) is 11.9 Å². The third kappa shape index (κ3) is 3.70. The van der Waals surface area contributed by atoms with Gasteiger partial charge >= 0.3 is 0 Å². The minimum atomic E-state index is -0.770. The van der Waals surface area contributed by atoms with E-state index in [0.717, 1.165) is 40.6 Å². The molecule has 8 heteroatoms. The summed E-state index contributed by atoms with van der Waals surface area (Å²) in [5.41, 5.74) is 12.5. The molecule has 6 nitrogen and oxygen atoms in total. The summed E-state index contributed by atoms with van der Waals surface area (Å²) in [5.74, 6) is -1.04. The molecule has 3 rings (SSSR count). The Morgan fingerprint density at radius 3 is 3.00 bits per heavy atom. The van der Waals surface area contributed by atoms with Crippen molar-refractivity contribution in [3.8, 4) is 0 Å². The van der Waals surface area contributed by atoms with Crippen LogP contribution in [0.25, 0.3) is 10.2 Å². The Kier molecular flexibility index (Phi) is 4.93. The molecular weight excluding hydrogens is 378 g/mol. The number of hydrogen-bond acceptors (Lipinski definition) is 5. The third-order valence-corrected chi connectivity index (χ3v) is 5.39. The summed E-state index contributed by atoms with van der Waals surface area (Å²) < 4.78 is 1.92. The number of nitrogens with one attached hydrogen (secondary N) is 1. The predicted octanol–water partition coefficient (Wildman–Crippen LogP) is 1.74. The van der Waals surface area contributed by atoms with E-state index < -0.39 is 11.8 Å². The molecule has 5 N–H and O–H groups in total. The van der Waals surface area contributed by atoms with Gasteiger partial charge in [-0.1, -0.05) is 15.9 Å². The average molecular weight is 396 g/mol. The van der Waals surface area contributed by atoms with E-state index in [4.69, 9.17) is 11.5 Å². The van der Waals surface area contributed by atoms with Crippen LogP contribution in [-0.4, -0.2) is 35.9 Å². The summed E-state index contributed by atoms with van der Waals surface area (Å²) in [4.78, 5) is 21.0. The van der Waals surface area contributed by atoms with Crippen LogP contribution >= 0.6 is 27.3 Å². The number of hydrogen-bond donors (Lipinski definition) is 3. The summed E-state index contributed by atoms with van der Waals surface area (Å²) in [6.07, 6.45) is 2.02. The second-order valence-electron chi connectivity index (χ2n) is 5.55. The van der Waals surface area contributed by atoms with Crippen molar-refractivity contribution >= 4 is 49.2 Å². The number of carbonyl (C=O) groups is 1. The maximum Gasteiger partial charge on any atom is 0.235 e. The molecule has 2 atom stereocenters. The van der Waals surface area contributed by atoms with Gasteiger partial charge < -0.3 is 16.8 Å².